The minimum atomic E-state index is -0.408. The van der Waals surface area contributed by atoms with Crippen molar-refractivity contribution in [2.45, 2.75) is 70.0 Å². The molecule has 2 saturated carbocycles. The molecule has 142 valence electrons. The van der Waals surface area contributed by atoms with E-state index in [2.05, 4.69) is 43.3 Å². The van der Waals surface area contributed by atoms with Crippen molar-refractivity contribution in [3.8, 4) is 0 Å². The molecule has 3 nitrogen and oxygen atoms in total. The van der Waals surface area contributed by atoms with Crippen LogP contribution in [0.25, 0.3) is 0 Å². The molecule has 0 radical (unpaired) electrons. The van der Waals surface area contributed by atoms with Gasteiger partial charge in [-0.15, -0.1) is 0 Å². The zero-order valence-corrected chi connectivity index (χ0v) is 15.8. The third kappa shape index (κ3) is 4.85. The Morgan fingerprint density at radius 2 is 1.88 bits per heavy atom. The Kier molecular flexibility index (Phi) is 6.68. The summed E-state index contributed by atoms with van der Waals surface area (Å²) in [5.74, 6) is 1.01. The monoisotopic (exact) mass is 356 g/mol. The average Bonchev–Trinajstić information content (AvgIpc) is 2.60. The normalized spacial score (nSPS) is 31.2. The van der Waals surface area contributed by atoms with Crippen molar-refractivity contribution < 1.29 is 15.3 Å². The van der Waals surface area contributed by atoms with Crippen LogP contribution in [0.5, 0.6) is 0 Å². The highest BCUT2D eigenvalue weighted by atomic mass is 16.3. The Labute approximate surface area is 157 Å². The van der Waals surface area contributed by atoms with Gasteiger partial charge in [-0.25, -0.2) is 0 Å². The molecule has 26 heavy (non-hydrogen) atoms. The second-order valence-corrected chi connectivity index (χ2v) is 8.02. The second kappa shape index (κ2) is 8.98. The van der Waals surface area contributed by atoms with Crippen molar-refractivity contribution in [3.63, 3.8) is 0 Å². The molecule has 4 atom stereocenters. The van der Waals surface area contributed by atoms with Crippen molar-refractivity contribution in [2.75, 3.05) is 6.61 Å². The van der Waals surface area contributed by atoms with E-state index in [0.29, 0.717) is 37.5 Å². The summed E-state index contributed by atoms with van der Waals surface area (Å²) in [6.07, 6.45) is 9.67. The third-order valence-electron chi connectivity index (χ3n) is 6.02. The van der Waals surface area contributed by atoms with Gasteiger partial charge in [0.15, 0.2) is 0 Å². The van der Waals surface area contributed by atoms with Gasteiger partial charge in [-0.1, -0.05) is 54.5 Å². The standard InChI is InChI=1S/C23H32O3/c1-16-19(9-8-18-13-21(25)15-22(26)14-18)5-3-7-23(16)20-6-2-4-17(12-20)10-11-24/h2,4,6,8-9,12,16,21-26H,3,5,7,10-11,13-15H2,1H3/b19-9+/t16-,21+,22+,23-/m0/s1. The van der Waals surface area contributed by atoms with E-state index in [4.69, 9.17) is 0 Å². The Hall–Kier alpha value is -1.42. The fourth-order valence-corrected chi connectivity index (χ4v) is 4.59. The number of hydrogen-bond acceptors (Lipinski definition) is 3. The summed E-state index contributed by atoms with van der Waals surface area (Å²) in [5.41, 5.74) is 5.21. The number of benzene rings is 1. The number of aliphatic hydroxyl groups excluding tert-OH is 3. The summed E-state index contributed by atoms with van der Waals surface area (Å²) in [5, 5.41) is 28.9. The van der Waals surface area contributed by atoms with Crippen LogP contribution in [0.1, 0.15) is 62.5 Å². The van der Waals surface area contributed by atoms with Crippen LogP contribution in [0, 0.1) is 5.92 Å². The molecule has 2 aliphatic rings. The van der Waals surface area contributed by atoms with E-state index in [0.717, 1.165) is 12.0 Å². The molecule has 2 fully saturated rings. The predicted octanol–water partition coefficient (Wildman–Crippen LogP) is 3.88. The summed E-state index contributed by atoms with van der Waals surface area (Å²) in [7, 11) is 0. The van der Waals surface area contributed by atoms with Gasteiger partial charge in [-0.05, 0) is 67.9 Å². The molecule has 0 bridgehead atoms. The van der Waals surface area contributed by atoms with Crippen LogP contribution in [0.4, 0.5) is 0 Å². The fraction of sp³-hybridized carbons (Fsp3) is 0.565. The van der Waals surface area contributed by atoms with Gasteiger partial charge in [0.25, 0.3) is 0 Å². The molecule has 0 unspecified atom stereocenters. The highest BCUT2D eigenvalue weighted by Crippen LogP contribution is 2.41. The molecule has 0 heterocycles. The van der Waals surface area contributed by atoms with Gasteiger partial charge in [-0.3, -0.25) is 0 Å². The lowest BCUT2D eigenvalue weighted by molar-refractivity contribution is 0.0609. The molecule has 0 spiro atoms. The minimum absolute atomic E-state index is 0.195. The van der Waals surface area contributed by atoms with E-state index >= 15 is 0 Å². The van der Waals surface area contributed by atoms with Crippen molar-refractivity contribution in [1.82, 2.24) is 0 Å². The molecule has 0 amide bonds. The Balaban J connectivity index is 1.75. The first-order chi connectivity index (χ1) is 12.6. The summed E-state index contributed by atoms with van der Waals surface area (Å²) >= 11 is 0. The lowest BCUT2D eigenvalue weighted by Crippen LogP contribution is -2.24. The van der Waals surface area contributed by atoms with Gasteiger partial charge in [0, 0.05) is 6.61 Å². The third-order valence-corrected chi connectivity index (χ3v) is 6.02. The van der Waals surface area contributed by atoms with Gasteiger partial charge in [0.05, 0.1) is 12.2 Å². The molecule has 0 aromatic heterocycles. The minimum Gasteiger partial charge on any atom is -0.396 e. The van der Waals surface area contributed by atoms with Crippen LogP contribution in [0.2, 0.25) is 0 Å². The lowest BCUT2D eigenvalue weighted by Gasteiger charge is -2.32. The summed E-state index contributed by atoms with van der Waals surface area (Å²) < 4.78 is 0. The van der Waals surface area contributed by atoms with Gasteiger partial charge in [0.1, 0.15) is 0 Å². The number of aliphatic hydroxyl groups is 3. The molecule has 0 saturated heterocycles. The molecule has 1 aromatic rings. The van der Waals surface area contributed by atoms with Crippen molar-refractivity contribution in [3.05, 3.63) is 58.7 Å². The van der Waals surface area contributed by atoms with Crippen molar-refractivity contribution in [2.24, 2.45) is 5.92 Å². The first-order valence-electron chi connectivity index (χ1n) is 10.0. The van der Waals surface area contributed by atoms with E-state index in [-0.39, 0.29) is 6.61 Å². The zero-order valence-electron chi connectivity index (χ0n) is 15.8. The van der Waals surface area contributed by atoms with Crippen molar-refractivity contribution >= 4 is 0 Å². The number of rotatable bonds is 4. The molecule has 2 aliphatic carbocycles. The Morgan fingerprint density at radius 3 is 2.62 bits per heavy atom. The number of allylic oxidation sites excluding steroid dienone is 3. The molecule has 3 N–H and O–H groups in total. The van der Waals surface area contributed by atoms with Crippen LogP contribution in [-0.4, -0.2) is 34.1 Å². The Bertz CT molecular complexity index is 649. The van der Waals surface area contributed by atoms with Gasteiger partial charge >= 0.3 is 0 Å². The molecule has 3 rings (SSSR count). The largest absolute Gasteiger partial charge is 0.396 e. The first-order valence-corrected chi connectivity index (χ1v) is 10.0. The van der Waals surface area contributed by atoms with Crippen LogP contribution in [-0.2, 0) is 6.42 Å². The Morgan fingerprint density at radius 1 is 1.12 bits per heavy atom. The zero-order chi connectivity index (χ0) is 18.5. The highest BCUT2D eigenvalue weighted by molar-refractivity contribution is 5.31. The SMILES string of the molecule is C[C@H]1/C(=C/C=C2C[C@@H](O)C[C@H](O)C2)CCC[C@@H]1c1cccc(CCO)c1. The predicted molar refractivity (Wildman–Crippen MR) is 105 cm³/mol. The summed E-state index contributed by atoms with van der Waals surface area (Å²) in [6.45, 7) is 2.51. The average molecular weight is 357 g/mol. The van der Waals surface area contributed by atoms with Gasteiger partial charge < -0.3 is 15.3 Å². The quantitative estimate of drug-likeness (QED) is 0.767. The van der Waals surface area contributed by atoms with Gasteiger partial charge in [0.2, 0.25) is 0 Å². The second-order valence-electron chi connectivity index (χ2n) is 8.02. The summed E-state index contributed by atoms with van der Waals surface area (Å²) in [6, 6.07) is 8.68. The van der Waals surface area contributed by atoms with E-state index in [9.17, 15) is 15.3 Å². The van der Waals surface area contributed by atoms with Gasteiger partial charge in [-0.2, -0.15) is 0 Å². The fourth-order valence-electron chi connectivity index (χ4n) is 4.59. The maximum Gasteiger partial charge on any atom is 0.0602 e. The van der Waals surface area contributed by atoms with E-state index in [1.165, 1.54) is 29.5 Å². The van der Waals surface area contributed by atoms with E-state index in [1.54, 1.807) is 0 Å². The molecular weight excluding hydrogens is 324 g/mol. The first kappa shape index (κ1) is 19.3. The number of hydrogen-bond donors (Lipinski definition) is 3. The van der Waals surface area contributed by atoms with E-state index < -0.39 is 12.2 Å². The van der Waals surface area contributed by atoms with Crippen LogP contribution in [0.15, 0.2) is 47.6 Å². The van der Waals surface area contributed by atoms with Crippen molar-refractivity contribution in [1.29, 1.82) is 0 Å². The molecule has 3 heteroatoms. The maximum absolute atomic E-state index is 9.86. The molecule has 0 aliphatic heterocycles. The molecular formula is C23H32O3. The molecule has 1 aromatic carbocycles. The smallest absolute Gasteiger partial charge is 0.0602 e. The highest BCUT2D eigenvalue weighted by Gasteiger charge is 2.27. The summed E-state index contributed by atoms with van der Waals surface area (Å²) in [4.78, 5) is 0. The van der Waals surface area contributed by atoms with Crippen LogP contribution < -0.4 is 0 Å². The lowest BCUT2D eigenvalue weighted by atomic mass is 9.73. The topological polar surface area (TPSA) is 60.7 Å². The van der Waals surface area contributed by atoms with Crippen LogP contribution in [0.3, 0.4) is 0 Å². The van der Waals surface area contributed by atoms with Crippen LogP contribution >= 0.6 is 0 Å². The van der Waals surface area contributed by atoms with E-state index in [1.807, 2.05) is 0 Å². The maximum atomic E-state index is 9.86.